The van der Waals surface area contributed by atoms with Gasteiger partial charge in [0.15, 0.2) is 0 Å². The highest BCUT2D eigenvalue weighted by molar-refractivity contribution is 9.10. The number of aromatic nitrogens is 2. The highest BCUT2D eigenvalue weighted by atomic mass is 79.9. The van der Waals surface area contributed by atoms with Gasteiger partial charge >= 0.3 is 0 Å². The number of unbranched alkanes of at least 4 members (excludes halogenated alkanes) is 1. The van der Waals surface area contributed by atoms with E-state index < -0.39 is 0 Å². The lowest BCUT2D eigenvalue weighted by atomic mass is 10.00. The molecule has 0 aromatic carbocycles. The number of aryl methyl sites for hydroxylation is 1. The van der Waals surface area contributed by atoms with Gasteiger partial charge in [0.25, 0.3) is 0 Å². The second-order valence-electron chi connectivity index (χ2n) is 5.86. The molecule has 2 aromatic heterocycles. The molecular weight excluding hydrogens is 326 g/mol. The fourth-order valence-corrected chi connectivity index (χ4v) is 3.28. The maximum absolute atomic E-state index is 4.41. The molecule has 0 N–H and O–H groups in total. The minimum atomic E-state index is 0.915. The largest absolute Gasteiger partial charge is 0.346 e. The third-order valence-corrected chi connectivity index (χ3v) is 4.68. The molecule has 0 amide bonds. The number of hydrogen-bond donors (Lipinski definition) is 0. The van der Waals surface area contributed by atoms with Crippen LogP contribution >= 0.6 is 15.9 Å². The van der Waals surface area contributed by atoms with E-state index in [0.29, 0.717) is 0 Å². The Bertz CT molecular complexity index is 672. The van der Waals surface area contributed by atoms with Crippen LogP contribution in [-0.4, -0.2) is 34.6 Å². The van der Waals surface area contributed by atoms with Crippen LogP contribution in [0.2, 0.25) is 0 Å². The monoisotopic (exact) mass is 347 g/mol. The van der Waals surface area contributed by atoms with E-state index in [0.717, 1.165) is 30.7 Å². The summed E-state index contributed by atoms with van der Waals surface area (Å²) in [7, 11) is 2.18. The van der Waals surface area contributed by atoms with Gasteiger partial charge in [-0.25, -0.2) is 4.98 Å². The average Bonchev–Trinajstić information content (AvgIpc) is 2.84. The van der Waals surface area contributed by atoms with Crippen LogP contribution in [-0.2, 0) is 6.54 Å². The number of rotatable bonds is 4. The second-order valence-corrected chi connectivity index (χ2v) is 6.67. The van der Waals surface area contributed by atoms with Gasteiger partial charge in [0.1, 0.15) is 4.60 Å². The van der Waals surface area contributed by atoms with Crippen molar-refractivity contribution in [2.45, 2.75) is 32.7 Å². The summed E-state index contributed by atoms with van der Waals surface area (Å²) >= 11 is 3.51. The van der Waals surface area contributed by atoms with Crippen molar-refractivity contribution in [2.75, 3.05) is 20.1 Å². The predicted molar refractivity (Wildman–Crippen MR) is 92.4 cm³/mol. The van der Waals surface area contributed by atoms with Crippen molar-refractivity contribution >= 4 is 32.4 Å². The summed E-state index contributed by atoms with van der Waals surface area (Å²) < 4.78 is 3.28. The average molecular weight is 348 g/mol. The van der Waals surface area contributed by atoms with Crippen LogP contribution in [0.25, 0.3) is 16.5 Å². The summed E-state index contributed by atoms with van der Waals surface area (Å²) in [5.41, 5.74) is 4.12. The molecule has 0 atom stereocenters. The first-order valence-corrected chi connectivity index (χ1v) is 8.50. The zero-order valence-corrected chi connectivity index (χ0v) is 14.4. The van der Waals surface area contributed by atoms with Gasteiger partial charge in [-0.15, -0.1) is 0 Å². The summed E-state index contributed by atoms with van der Waals surface area (Å²) in [4.78, 5) is 6.77. The number of likely N-dealkylation sites (N-methyl/N-ethyl adjacent to an activating group) is 1. The Balaban J connectivity index is 2.06. The fourth-order valence-electron chi connectivity index (χ4n) is 2.95. The zero-order chi connectivity index (χ0) is 14.8. The second kappa shape index (κ2) is 6.32. The molecule has 2 aromatic rings. The molecule has 3 heterocycles. The van der Waals surface area contributed by atoms with Gasteiger partial charge in [0.05, 0.1) is 11.7 Å². The summed E-state index contributed by atoms with van der Waals surface area (Å²) in [6.45, 7) is 5.49. The van der Waals surface area contributed by atoms with Crippen molar-refractivity contribution in [1.29, 1.82) is 0 Å². The van der Waals surface area contributed by atoms with Crippen molar-refractivity contribution < 1.29 is 0 Å². The van der Waals surface area contributed by atoms with Gasteiger partial charge in [-0.05, 0) is 47.5 Å². The summed E-state index contributed by atoms with van der Waals surface area (Å²) in [5, 5.41) is 1.32. The van der Waals surface area contributed by atoms with Crippen molar-refractivity contribution in [3.05, 3.63) is 34.7 Å². The van der Waals surface area contributed by atoms with Crippen molar-refractivity contribution in [2.24, 2.45) is 0 Å². The van der Waals surface area contributed by atoms with Crippen LogP contribution in [0.4, 0.5) is 0 Å². The van der Waals surface area contributed by atoms with E-state index in [1.807, 2.05) is 6.20 Å². The molecular formula is C17H22BrN3. The lowest BCUT2D eigenvalue weighted by Gasteiger charge is -2.21. The first-order valence-electron chi connectivity index (χ1n) is 7.71. The normalized spacial score (nSPS) is 16.4. The van der Waals surface area contributed by atoms with Crippen molar-refractivity contribution in [1.82, 2.24) is 14.5 Å². The molecule has 3 nitrogen and oxygen atoms in total. The van der Waals surface area contributed by atoms with Crippen LogP contribution in [0.1, 0.15) is 31.7 Å². The molecule has 0 saturated carbocycles. The van der Waals surface area contributed by atoms with E-state index in [2.05, 4.69) is 62.7 Å². The summed E-state index contributed by atoms with van der Waals surface area (Å²) in [6, 6.07) is 2.16. The van der Waals surface area contributed by atoms with Gasteiger partial charge in [0.2, 0.25) is 0 Å². The van der Waals surface area contributed by atoms with E-state index in [1.54, 1.807) is 0 Å². The number of halogens is 1. The van der Waals surface area contributed by atoms with Gasteiger partial charge in [0, 0.05) is 36.8 Å². The lowest BCUT2D eigenvalue weighted by molar-refractivity contribution is 0.370. The smallest absolute Gasteiger partial charge is 0.106 e. The number of nitrogens with zero attached hydrogens (tertiary/aromatic N) is 3. The Labute approximate surface area is 134 Å². The standard InChI is InChI=1S/C17H22BrN3/c1-3-4-7-21-12-15(13-5-8-20(2)9-6-13)14-10-17(18)19-11-16(14)21/h5,10-12H,3-4,6-9H2,1-2H3. The zero-order valence-electron chi connectivity index (χ0n) is 12.8. The van der Waals surface area contributed by atoms with Crippen molar-refractivity contribution in [3.8, 4) is 0 Å². The first-order chi connectivity index (χ1) is 10.2. The lowest BCUT2D eigenvalue weighted by Crippen LogP contribution is -2.23. The molecule has 21 heavy (non-hydrogen) atoms. The van der Waals surface area contributed by atoms with E-state index in [9.17, 15) is 0 Å². The van der Waals surface area contributed by atoms with Crippen LogP contribution < -0.4 is 0 Å². The predicted octanol–water partition coefficient (Wildman–Crippen LogP) is 4.32. The third-order valence-electron chi connectivity index (χ3n) is 4.24. The van der Waals surface area contributed by atoms with E-state index in [4.69, 9.17) is 0 Å². The molecule has 112 valence electrons. The van der Waals surface area contributed by atoms with Gasteiger partial charge in [-0.3, -0.25) is 0 Å². The number of hydrogen-bond acceptors (Lipinski definition) is 2. The fraction of sp³-hybridized carbons (Fsp3) is 0.471. The van der Waals surface area contributed by atoms with Gasteiger partial charge in [-0.1, -0.05) is 19.4 Å². The molecule has 1 aliphatic heterocycles. The van der Waals surface area contributed by atoms with Crippen molar-refractivity contribution in [3.63, 3.8) is 0 Å². The van der Waals surface area contributed by atoms with Crippen LogP contribution in [0, 0.1) is 0 Å². The Hall–Kier alpha value is -1.13. The topological polar surface area (TPSA) is 21.1 Å². The van der Waals surface area contributed by atoms with Crippen LogP contribution in [0.3, 0.4) is 0 Å². The maximum atomic E-state index is 4.41. The molecule has 0 aliphatic carbocycles. The molecule has 1 aliphatic rings. The molecule has 4 heteroatoms. The molecule has 0 saturated heterocycles. The summed E-state index contributed by atoms with van der Waals surface area (Å²) in [6.07, 6.45) is 10.2. The Morgan fingerprint density at radius 1 is 1.38 bits per heavy atom. The van der Waals surface area contributed by atoms with Crippen LogP contribution in [0.5, 0.6) is 0 Å². The SMILES string of the molecule is CCCCn1cc(C2=CCN(C)CC2)c2cc(Br)ncc21. The highest BCUT2D eigenvalue weighted by Gasteiger charge is 2.16. The number of pyridine rings is 1. The molecule has 0 bridgehead atoms. The Morgan fingerprint density at radius 2 is 2.24 bits per heavy atom. The Kier molecular flexibility index (Phi) is 4.45. The molecule has 3 rings (SSSR count). The van der Waals surface area contributed by atoms with Gasteiger partial charge < -0.3 is 9.47 Å². The summed E-state index contributed by atoms with van der Waals surface area (Å²) in [5.74, 6) is 0. The minimum Gasteiger partial charge on any atom is -0.346 e. The molecule has 0 fully saturated rings. The minimum absolute atomic E-state index is 0.915. The maximum Gasteiger partial charge on any atom is 0.106 e. The number of fused-ring (bicyclic) bond motifs is 1. The molecule has 0 unspecified atom stereocenters. The van der Waals surface area contributed by atoms with E-state index in [-0.39, 0.29) is 0 Å². The third kappa shape index (κ3) is 3.06. The van der Waals surface area contributed by atoms with E-state index in [1.165, 1.54) is 34.9 Å². The van der Waals surface area contributed by atoms with Crippen LogP contribution in [0.15, 0.2) is 29.1 Å². The quantitative estimate of drug-likeness (QED) is 0.768. The van der Waals surface area contributed by atoms with E-state index >= 15 is 0 Å². The Morgan fingerprint density at radius 3 is 2.95 bits per heavy atom. The first kappa shape index (κ1) is 14.8. The molecule has 0 spiro atoms. The highest BCUT2D eigenvalue weighted by Crippen LogP contribution is 2.32. The van der Waals surface area contributed by atoms with Gasteiger partial charge in [-0.2, -0.15) is 0 Å². The molecule has 0 radical (unpaired) electrons.